The van der Waals surface area contributed by atoms with Gasteiger partial charge in [0.15, 0.2) is 0 Å². The molecule has 1 heterocycles. The SMILES string of the molecule is CCCNC(c1cc(F)ccc1Cl)C1CSCCO1. The van der Waals surface area contributed by atoms with Gasteiger partial charge in [-0.25, -0.2) is 4.39 Å². The fourth-order valence-corrected chi connectivity index (χ4v) is 3.33. The van der Waals surface area contributed by atoms with Crippen LogP contribution in [0.3, 0.4) is 0 Å². The molecule has 2 atom stereocenters. The average molecular weight is 304 g/mol. The van der Waals surface area contributed by atoms with Crippen molar-refractivity contribution >= 4 is 23.4 Å². The van der Waals surface area contributed by atoms with Crippen LogP contribution in [0.15, 0.2) is 18.2 Å². The van der Waals surface area contributed by atoms with Crippen LogP contribution in [0.1, 0.15) is 24.9 Å². The summed E-state index contributed by atoms with van der Waals surface area (Å²) in [6.45, 7) is 3.71. The molecule has 1 saturated heterocycles. The van der Waals surface area contributed by atoms with Gasteiger partial charge in [0, 0.05) is 16.5 Å². The Morgan fingerprint density at radius 1 is 1.58 bits per heavy atom. The molecule has 0 spiro atoms. The number of hydrogen-bond donors (Lipinski definition) is 1. The Morgan fingerprint density at radius 2 is 2.42 bits per heavy atom. The van der Waals surface area contributed by atoms with Gasteiger partial charge in [0.25, 0.3) is 0 Å². The Hall–Kier alpha value is -0.290. The first kappa shape index (κ1) is 15.1. The maximum Gasteiger partial charge on any atom is 0.123 e. The molecular formula is C14H19ClFNOS. The molecule has 1 aliphatic rings. The van der Waals surface area contributed by atoms with Crippen molar-refractivity contribution in [2.75, 3.05) is 24.7 Å². The molecule has 1 fully saturated rings. The van der Waals surface area contributed by atoms with Crippen molar-refractivity contribution in [3.8, 4) is 0 Å². The van der Waals surface area contributed by atoms with Crippen molar-refractivity contribution in [2.24, 2.45) is 0 Å². The largest absolute Gasteiger partial charge is 0.375 e. The molecule has 0 radical (unpaired) electrons. The second-order valence-corrected chi connectivity index (χ2v) is 6.14. The summed E-state index contributed by atoms with van der Waals surface area (Å²) in [7, 11) is 0. The summed E-state index contributed by atoms with van der Waals surface area (Å²) in [6, 6.07) is 4.47. The van der Waals surface area contributed by atoms with Gasteiger partial charge in [-0.1, -0.05) is 18.5 Å². The zero-order valence-electron chi connectivity index (χ0n) is 11.0. The second kappa shape index (κ2) is 7.48. The highest BCUT2D eigenvalue weighted by molar-refractivity contribution is 7.99. The number of ether oxygens (including phenoxy) is 1. The third-order valence-corrected chi connectivity index (χ3v) is 4.48. The quantitative estimate of drug-likeness (QED) is 0.897. The third-order valence-electron chi connectivity index (χ3n) is 3.12. The maximum atomic E-state index is 13.5. The minimum Gasteiger partial charge on any atom is -0.375 e. The van der Waals surface area contributed by atoms with E-state index >= 15 is 0 Å². The van der Waals surface area contributed by atoms with Crippen molar-refractivity contribution in [3.05, 3.63) is 34.6 Å². The minimum atomic E-state index is -0.258. The average Bonchev–Trinajstić information content (AvgIpc) is 2.44. The van der Waals surface area contributed by atoms with Gasteiger partial charge in [0.2, 0.25) is 0 Å². The fraction of sp³-hybridized carbons (Fsp3) is 0.571. The molecule has 5 heteroatoms. The van der Waals surface area contributed by atoms with Crippen LogP contribution in [0.2, 0.25) is 5.02 Å². The number of thioether (sulfide) groups is 1. The van der Waals surface area contributed by atoms with Gasteiger partial charge >= 0.3 is 0 Å². The molecule has 2 nitrogen and oxygen atoms in total. The van der Waals surface area contributed by atoms with Gasteiger partial charge in [-0.15, -0.1) is 0 Å². The lowest BCUT2D eigenvalue weighted by atomic mass is 10.0. The zero-order valence-corrected chi connectivity index (χ0v) is 12.6. The van der Waals surface area contributed by atoms with Crippen LogP contribution in [0, 0.1) is 5.82 Å². The summed E-state index contributed by atoms with van der Waals surface area (Å²) in [4.78, 5) is 0. The van der Waals surface area contributed by atoms with E-state index in [-0.39, 0.29) is 18.0 Å². The van der Waals surface area contributed by atoms with Crippen LogP contribution < -0.4 is 5.32 Å². The van der Waals surface area contributed by atoms with Crippen LogP contribution in [0.5, 0.6) is 0 Å². The molecule has 2 unspecified atom stereocenters. The van der Waals surface area contributed by atoms with E-state index in [0.717, 1.165) is 36.6 Å². The van der Waals surface area contributed by atoms with Crippen LogP contribution in [-0.4, -0.2) is 30.8 Å². The van der Waals surface area contributed by atoms with E-state index in [1.165, 1.54) is 12.1 Å². The molecule has 0 amide bonds. The van der Waals surface area contributed by atoms with E-state index in [4.69, 9.17) is 16.3 Å². The highest BCUT2D eigenvalue weighted by Gasteiger charge is 2.27. The predicted molar refractivity (Wildman–Crippen MR) is 79.5 cm³/mol. The molecule has 2 rings (SSSR count). The van der Waals surface area contributed by atoms with Crippen molar-refractivity contribution in [1.82, 2.24) is 5.32 Å². The maximum absolute atomic E-state index is 13.5. The Morgan fingerprint density at radius 3 is 3.11 bits per heavy atom. The van der Waals surface area contributed by atoms with Gasteiger partial charge in [-0.05, 0) is 36.7 Å². The van der Waals surface area contributed by atoms with E-state index in [9.17, 15) is 4.39 Å². The Kier molecular flexibility index (Phi) is 5.95. The first-order valence-corrected chi connectivity index (χ1v) is 8.13. The van der Waals surface area contributed by atoms with Crippen molar-refractivity contribution in [2.45, 2.75) is 25.5 Å². The van der Waals surface area contributed by atoms with Gasteiger partial charge in [0.1, 0.15) is 5.82 Å². The predicted octanol–water partition coefficient (Wildman–Crippen LogP) is 3.65. The van der Waals surface area contributed by atoms with E-state index < -0.39 is 0 Å². The summed E-state index contributed by atoms with van der Waals surface area (Å²) < 4.78 is 19.3. The van der Waals surface area contributed by atoms with E-state index in [0.29, 0.717) is 5.02 Å². The molecule has 1 aromatic rings. The standard InChI is InChI=1S/C14H19ClFNOS/c1-2-5-17-14(13-9-19-7-6-18-13)11-8-10(16)3-4-12(11)15/h3-4,8,13-14,17H,2,5-7,9H2,1H3. The summed E-state index contributed by atoms with van der Waals surface area (Å²) >= 11 is 8.09. The first-order chi connectivity index (χ1) is 9.22. The van der Waals surface area contributed by atoms with Crippen molar-refractivity contribution in [1.29, 1.82) is 0 Å². The fourth-order valence-electron chi connectivity index (χ4n) is 2.19. The number of nitrogens with one attached hydrogen (secondary N) is 1. The molecular weight excluding hydrogens is 285 g/mol. The summed E-state index contributed by atoms with van der Waals surface area (Å²) in [6.07, 6.45) is 1.06. The molecule has 19 heavy (non-hydrogen) atoms. The lowest BCUT2D eigenvalue weighted by molar-refractivity contribution is 0.0467. The van der Waals surface area contributed by atoms with Crippen LogP contribution in [0.4, 0.5) is 4.39 Å². The highest BCUT2D eigenvalue weighted by atomic mass is 35.5. The van der Waals surface area contributed by atoms with Gasteiger partial charge < -0.3 is 10.1 Å². The normalized spacial score (nSPS) is 21.3. The molecule has 106 valence electrons. The zero-order chi connectivity index (χ0) is 13.7. The first-order valence-electron chi connectivity index (χ1n) is 6.60. The van der Waals surface area contributed by atoms with Crippen LogP contribution in [-0.2, 0) is 4.74 Å². The Balaban J connectivity index is 2.22. The highest BCUT2D eigenvalue weighted by Crippen LogP contribution is 2.30. The smallest absolute Gasteiger partial charge is 0.123 e. The molecule has 0 bridgehead atoms. The van der Waals surface area contributed by atoms with E-state index in [1.807, 2.05) is 11.8 Å². The van der Waals surface area contributed by atoms with Crippen molar-refractivity contribution < 1.29 is 9.13 Å². The van der Waals surface area contributed by atoms with Crippen molar-refractivity contribution in [3.63, 3.8) is 0 Å². The molecule has 0 saturated carbocycles. The van der Waals surface area contributed by atoms with Crippen LogP contribution in [0.25, 0.3) is 0 Å². The number of hydrogen-bond acceptors (Lipinski definition) is 3. The van der Waals surface area contributed by atoms with Crippen LogP contribution >= 0.6 is 23.4 Å². The lowest BCUT2D eigenvalue weighted by Crippen LogP contribution is -2.38. The van der Waals surface area contributed by atoms with Gasteiger partial charge in [0.05, 0.1) is 18.8 Å². The summed E-state index contributed by atoms with van der Waals surface area (Å²) in [5.74, 6) is 1.67. The second-order valence-electron chi connectivity index (χ2n) is 4.58. The number of halogens is 2. The van der Waals surface area contributed by atoms with E-state index in [2.05, 4.69) is 12.2 Å². The Labute approximate surface area is 123 Å². The lowest BCUT2D eigenvalue weighted by Gasteiger charge is -2.31. The van der Waals surface area contributed by atoms with E-state index in [1.54, 1.807) is 6.07 Å². The topological polar surface area (TPSA) is 21.3 Å². The molecule has 1 aliphatic heterocycles. The van der Waals surface area contributed by atoms with Gasteiger partial charge in [-0.3, -0.25) is 0 Å². The molecule has 0 aliphatic carbocycles. The Bertz CT molecular complexity index is 412. The van der Waals surface area contributed by atoms with Gasteiger partial charge in [-0.2, -0.15) is 11.8 Å². The third kappa shape index (κ3) is 4.09. The monoisotopic (exact) mass is 303 g/mol. The number of benzene rings is 1. The minimum absolute atomic E-state index is 0.0454. The molecule has 1 aromatic carbocycles. The number of rotatable bonds is 5. The summed E-state index contributed by atoms with van der Waals surface area (Å²) in [5.41, 5.74) is 0.794. The molecule has 0 aromatic heterocycles. The summed E-state index contributed by atoms with van der Waals surface area (Å²) in [5, 5.41) is 4.03. The molecule has 1 N–H and O–H groups in total.